The van der Waals surface area contributed by atoms with E-state index in [4.69, 9.17) is 21.8 Å². The van der Waals surface area contributed by atoms with Gasteiger partial charge in [0.25, 0.3) is 0 Å². The first kappa shape index (κ1) is 14.5. The molecule has 7 heteroatoms. The van der Waals surface area contributed by atoms with Crippen LogP contribution in [0.2, 0.25) is 5.02 Å². The highest BCUT2D eigenvalue weighted by molar-refractivity contribution is 6.31. The van der Waals surface area contributed by atoms with E-state index in [2.05, 4.69) is 27.1 Å². The molecule has 4 rings (SSSR count). The Morgan fingerprint density at radius 2 is 2.26 bits per heavy atom. The van der Waals surface area contributed by atoms with E-state index in [0.717, 1.165) is 48.4 Å². The van der Waals surface area contributed by atoms with Gasteiger partial charge in [0.05, 0.1) is 0 Å². The van der Waals surface area contributed by atoms with E-state index in [1.165, 1.54) is 0 Å². The Hall–Kier alpha value is -2.05. The summed E-state index contributed by atoms with van der Waals surface area (Å²) in [7, 11) is 0. The Balaban J connectivity index is 1.93. The van der Waals surface area contributed by atoms with E-state index in [0.29, 0.717) is 16.6 Å². The van der Waals surface area contributed by atoms with Gasteiger partial charge < -0.3 is 20.4 Å². The van der Waals surface area contributed by atoms with Crippen LogP contribution in [0.4, 0.5) is 11.8 Å². The van der Waals surface area contributed by atoms with Crippen LogP contribution in [-0.2, 0) is 0 Å². The van der Waals surface area contributed by atoms with Crippen molar-refractivity contribution in [3.05, 3.63) is 23.2 Å². The molecule has 3 heterocycles. The molecule has 0 bridgehead atoms. The molecule has 1 saturated heterocycles. The zero-order chi connectivity index (χ0) is 16.0. The van der Waals surface area contributed by atoms with Crippen LogP contribution in [0.15, 0.2) is 22.6 Å². The molecule has 1 aromatic carbocycles. The summed E-state index contributed by atoms with van der Waals surface area (Å²) in [5, 5.41) is 4.99. The van der Waals surface area contributed by atoms with Gasteiger partial charge in [-0.25, -0.2) is 4.98 Å². The molecule has 1 aliphatic heterocycles. The molecule has 0 amide bonds. The van der Waals surface area contributed by atoms with Crippen molar-refractivity contribution in [1.29, 1.82) is 0 Å². The third kappa shape index (κ3) is 2.58. The van der Waals surface area contributed by atoms with Crippen LogP contribution in [0, 0.1) is 0 Å². The van der Waals surface area contributed by atoms with E-state index in [9.17, 15) is 0 Å². The number of nitrogen functional groups attached to an aromatic ring is 1. The maximum Gasteiger partial charge on any atom is 0.222 e. The van der Waals surface area contributed by atoms with E-state index in [1.54, 1.807) is 6.07 Å². The molecule has 0 aliphatic carbocycles. The number of rotatable bonds is 1. The van der Waals surface area contributed by atoms with Gasteiger partial charge in [-0.1, -0.05) is 11.6 Å². The second-order valence-electron chi connectivity index (χ2n) is 5.98. The Morgan fingerprint density at radius 1 is 1.39 bits per heavy atom. The molecule has 0 saturated carbocycles. The number of anilines is 2. The molecule has 3 aromatic rings. The third-order valence-electron chi connectivity index (χ3n) is 4.17. The molecule has 23 heavy (non-hydrogen) atoms. The Kier molecular flexibility index (Phi) is 3.50. The number of nitrogens with one attached hydrogen (secondary N) is 1. The highest BCUT2D eigenvalue weighted by Gasteiger charge is 2.22. The van der Waals surface area contributed by atoms with Crippen molar-refractivity contribution in [2.75, 3.05) is 30.3 Å². The van der Waals surface area contributed by atoms with Crippen LogP contribution in [0.3, 0.4) is 0 Å². The predicted octanol–water partition coefficient (Wildman–Crippen LogP) is 2.80. The molecule has 1 aliphatic rings. The lowest BCUT2D eigenvalue weighted by molar-refractivity contribution is 0.582. The molecular weight excluding hydrogens is 314 g/mol. The minimum absolute atomic E-state index is 0.250. The summed E-state index contributed by atoms with van der Waals surface area (Å²) in [6.45, 7) is 4.92. The molecule has 3 N–H and O–H groups in total. The molecule has 0 unspecified atom stereocenters. The van der Waals surface area contributed by atoms with Crippen molar-refractivity contribution in [2.45, 2.75) is 19.4 Å². The summed E-state index contributed by atoms with van der Waals surface area (Å²) in [6.07, 6.45) is 1.04. The maximum atomic E-state index is 6.11. The van der Waals surface area contributed by atoms with Crippen LogP contribution in [0.25, 0.3) is 22.1 Å². The van der Waals surface area contributed by atoms with Gasteiger partial charge in [-0.15, -0.1) is 0 Å². The van der Waals surface area contributed by atoms with Gasteiger partial charge in [-0.2, -0.15) is 4.98 Å². The van der Waals surface area contributed by atoms with E-state index >= 15 is 0 Å². The third-order valence-corrected chi connectivity index (χ3v) is 4.40. The number of halogens is 1. The quantitative estimate of drug-likeness (QED) is 0.713. The second-order valence-corrected chi connectivity index (χ2v) is 6.42. The highest BCUT2D eigenvalue weighted by Crippen LogP contribution is 2.35. The van der Waals surface area contributed by atoms with Gasteiger partial charge in [-0.3, -0.25) is 0 Å². The van der Waals surface area contributed by atoms with Crippen LogP contribution in [-0.4, -0.2) is 35.6 Å². The zero-order valence-corrected chi connectivity index (χ0v) is 13.6. The molecule has 1 fully saturated rings. The number of hydrogen-bond acceptors (Lipinski definition) is 6. The van der Waals surface area contributed by atoms with E-state index in [-0.39, 0.29) is 5.95 Å². The lowest BCUT2D eigenvalue weighted by Crippen LogP contribution is -2.35. The fraction of sp³-hybridized carbons (Fsp3) is 0.375. The van der Waals surface area contributed by atoms with Gasteiger partial charge in [0, 0.05) is 29.5 Å². The molecule has 6 nitrogen and oxygen atoms in total. The zero-order valence-electron chi connectivity index (χ0n) is 12.8. The smallest absolute Gasteiger partial charge is 0.222 e. The number of furan rings is 1. The van der Waals surface area contributed by atoms with Crippen molar-refractivity contribution >= 4 is 45.4 Å². The largest absolute Gasteiger partial charge is 0.450 e. The topological polar surface area (TPSA) is 80.2 Å². The SMILES string of the molecule is C[C@H]1CN(c2nc(N)nc3c2oc2ccc(Cl)cc23)CCCN1. The first-order valence-electron chi connectivity index (χ1n) is 7.75. The van der Waals surface area contributed by atoms with Gasteiger partial charge in [0.2, 0.25) is 5.95 Å². The molecule has 0 radical (unpaired) electrons. The minimum Gasteiger partial charge on any atom is -0.450 e. The van der Waals surface area contributed by atoms with E-state index in [1.807, 2.05) is 12.1 Å². The number of hydrogen-bond donors (Lipinski definition) is 2. The van der Waals surface area contributed by atoms with E-state index < -0.39 is 0 Å². The summed E-state index contributed by atoms with van der Waals surface area (Å²) in [4.78, 5) is 11.0. The standard InChI is InChI=1S/C16H18ClN5O/c1-9-8-22(6-2-5-19-9)15-14-13(20-16(18)21-15)11-7-10(17)3-4-12(11)23-14/h3-4,7,9,19H,2,5-6,8H2,1H3,(H2,18,20,21)/t9-/m0/s1. The van der Waals surface area contributed by atoms with Gasteiger partial charge in [0.1, 0.15) is 11.1 Å². The molecule has 0 spiro atoms. The number of benzene rings is 1. The number of aromatic nitrogens is 2. The normalized spacial score (nSPS) is 19.4. The monoisotopic (exact) mass is 331 g/mol. The predicted molar refractivity (Wildman–Crippen MR) is 93.0 cm³/mol. The molecule has 120 valence electrons. The average molecular weight is 332 g/mol. The fourth-order valence-corrected chi connectivity index (χ4v) is 3.30. The van der Waals surface area contributed by atoms with Gasteiger partial charge in [0.15, 0.2) is 11.4 Å². The maximum absolute atomic E-state index is 6.11. The van der Waals surface area contributed by atoms with Crippen LogP contribution >= 0.6 is 11.6 Å². The number of fused-ring (bicyclic) bond motifs is 3. The minimum atomic E-state index is 0.250. The van der Waals surface area contributed by atoms with Gasteiger partial charge in [-0.05, 0) is 38.1 Å². The number of nitrogens with zero attached hydrogens (tertiary/aromatic N) is 3. The highest BCUT2D eigenvalue weighted by atomic mass is 35.5. The van der Waals surface area contributed by atoms with Crippen LogP contribution in [0.1, 0.15) is 13.3 Å². The second kappa shape index (κ2) is 5.54. The summed E-state index contributed by atoms with van der Waals surface area (Å²) < 4.78 is 6.02. The Labute approximate surface area is 138 Å². The van der Waals surface area contributed by atoms with Crippen molar-refractivity contribution in [1.82, 2.24) is 15.3 Å². The Bertz CT molecular complexity index is 878. The molecule has 2 aromatic heterocycles. The Morgan fingerprint density at radius 3 is 3.13 bits per heavy atom. The van der Waals surface area contributed by atoms with Crippen molar-refractivity contribution < 1.29 is 4.42 Å². The van der Waals surface area contributed by atoms with Crippen molar-refractivity contribution in [3.8, 4) is 0 Å². The molecular formula is C16H18ClN5O. The molecule has 1 atom stereocenters. The van der Waals surface area contributed by atoms with Gasteiger partial charge >= 0.3 is 0 Å². The number of nitrogens with two attached hydrogens (primary N) is 1. The lowest BCUT2D eigenvalue weighted by Gasteiger charge is -2.23. The van der Waals surface area contributed by atoms with Crippen LogP contribution < -0.4 is 16.0 Å². The summed E-state index contributed by atoms with van der Waals surface area (Å²) in [6, 6.07) is 5.89. The average Bonchev–Trinajstić information content (AvgIpc) is 2.72. The van der Waals surface area contributed by atoms with Crippen LogP contribution in [0.5, 0.6) is 0 Å². The summed E-state index contributed by atoms with van der Waals surface area (Å²) >= 11 is 6.11. The van der Waals surface area contributed by atoms with Crippen molar-refractivity contribution in [3.63, 3.8) is 0 Å². The first-order chi connectivity index (χ1) is 11.1. The van der Waals surface area contributed by atoms with Crippen molar-refractivity contribution in [2.24, 2.45) is 0 Å². The lowest BCUT2D eigenvalue weighted by atomic mass is 10.2. The fourth-order valence-electron chi connectivity index (χ4n) is 3.13. The summed E-state index contributed by atoms with van der Waals surface area (Å²) in [5.41, 5.74) is 8.09. The summed E-state index contributed by atoms with van der Waals surface area (Å²) in [5.74, 6) is 1.01. The first-order valence-corrected chi connectivity index (χ1v) is 8.13.